The van der Waals surface area contributed by atoms with E-state index in [9.17, 15) is 8.42 Å². The summed E-state index contributed by atoms with van der Waals surface area (Å²) < 4.78 is 25.3. The molecule has 1 saturated carbocycles. The predicted molar refractivity (Wildman–Crippen MR) is 46.4 cm³/mol. The van der Waals surface area contributed by atoms with Gasteiger partial charge in [-0.15, -0.1) is 0 Å². The third-order valence-electron chi connectivity index (χ3n) is 2.27. The Morgan fingerprint density at radius 3 is 2.42 bits per heavy atom. The SMILES string of the molecule is O=S(=O)(CC1CCN1)NC1CC1. The molecule has 2 rings (SSSR count). The van der Waals surface area contributed by atoms with Crippen molar-refractivity contribution in [1.82, 2.24) is 10.0 Å². The Kier molecular flexibility index (Phi) is 2.10. The molecule has 1 heterocycles. The highest BCUT2D eigenvalue weighted by molar-refractivity contribution is 7.89. The maximum atomic E-state index is 11.3. The van der Waals surface area contributed by atoms with Gasteiger partial charge in [-0.1, -0.05) is 0 Å². The molecule has 0 aromatic rings. The monoisotopic (exact) mass is 190 g/mol. The van der Waals surface area contributed by atoms with E-state index < -0.39 is 10.0 Å². The zero-order valence-electron chi connectivity index (χ0n) is 6.91. The summed E-state index contributed by atoms with van der Waals surface area (Å²) in [5, 5.41) is 3.08. The molecule has 4 nitrogen and oxygen atoms in total. The van der Waals surface area contributed by atoms with Crippen LogP contribution in [0, 0.1) is 0 Å². The zero-order chi connectivity index (χ0) is 8.60. The van der Waals surface area contributed by atoms with Crippen LogP contribution in [0.15, 0.2) is 0 Å². The molecule has 2 aliphatic rings. The molecule has 1 aliphatic heterocycles. The van der Waals surface area contributed by atoms with Gasteiger partial charge in [-0.25, -0.2) is 13.1 Å². The average Bonchev–Trinajstić information content (AvgIpc) is 2.62. The van der Waals surface area contributed by atoms with Crippen molar-refractivity contribution < 1.29 is 8.42 Å². The standard InChI is InChI=1S/C7H14N2O2S/c10-12(11,9-6-1-2-6)5-7-3-4-8-7/h6-9H,1-5H2. The van der Waals surface area contributed by atoms with Crippen LogP contribution in [0.1, 0.15) is 19.3 Å². The molecular formula is C7H14N2O2S. The summed E-state index contributed by atoms with van der Waals surface area (Å²) in [5.41, 5.74) is 0. The summed E-state index contributed by atoms with van der Waals surface area (Å²) in [7, 11) is -2.99. The predicted octanol–water partition coefficient (Wildman–Crippen LogP) is -0.570. The molecule has 2 fully saturated rings. The molecular weight excluding hydrogens is 176 g/mol. The van der Waals surface area contributed by atoms with Crippen LogP contribution >= 0.6 is 0 Å². The first-order valence-electron chi connectivity index (χ1n) is 4.39. The van der Waals surface area contributed by atoms with E-state index in [2.05, 4.69) is 10.0 Å². The molecule has 1 unspecified atom stereocenters. The van der Waals surface area contributed by atoms with E-state index in [-0.39, 0.29) is 17.8 Å². The molecule has 0 amide bonds. The Hall–Kier alpha value is -0.130. The van der Waals surface area contributed by atoms with E-state index in [0.29, 0.717) is 0 Å². The van der Waals surface area contributed by atoms with E-state index in [1.807, 2.05) is 0 Å². The molecule has 0 radical (unpaired) electrons. The van der Waals surface area contributed by atoms with Gasteiger partial charge in [0.25, 0.3) is 0 Å². The lowest BCUT2D eigenvalue weighted by atomic mass is 10.1. The van der Waals surface area contributed by atoms with E-state index in [1.54, 1.807) is 0 Å². The van der Waals surface area contributed by atoms with Crippen molar-refractivity contribution in [1.29, 1.82) is 0 Å². The van der Waals surface area contributed by atoms with Crippen molar-refractivity contribution in [2.75, 3.05) is 12.3 Å². The molecule has 70 valence electrons. The van der Waals surface area contributed by atoms with Crippen molar-refractivity contribution >= 4 is 10.0 Å². The minimum atomic E-state index is -2.99. The van der Waals surface area contributed by atoms with Crippen LogP contribution < -0.4 is 10.0 Å². The van der Waals surface area contributed by atoms with Gasteiger partial charge in [0, 0.05) is 12.1 Å². The molecule has 12 heavy (non-hydrogen) atoms. The fourth-order valence-electron chi connectivity index (χ4n) is 1.26. The Morgan fingerprint density at radius 1 is 1.33 bits per heavy atom. The number of sulfonamides is 1. The van der Waals surface area contributed by atoms with Crippen LogP contribution in [0.2, 0.25) is 0 Å². The van der Waals surface area contributed by atoms with Gasteiger partial charge in [0.15, 0.2) is 0 Å². The Labute approximate surface area is 72.8 Å². The summed E-state index contributed by atoms with van der Waals surface area (Å²) in [6.45, 7) is 0.962. The third-order valence-corrected chi connectivity index (χ3v) is 3.80. The minimum absolute atomic E-state index is 0.196. The van der Waals surface area contributed by atoms with Gasteiger partial charge in [-0.05, 0) is 25.8 Å². The summed E-state index contributed by atoms with van der Waals surface area (Å²) in [5.74, 6) is 0.253. The molecule has 0 aromatic carbocycles. The number of hydrogen-bond donors (Lipinski definition) is 2. The normalized spacial score (nSPS) is 29.8. The minimum Gasteiger partial charge on any atom is -0.313 e. The second-order valence-electron chi connectivity index (χ2n) is 3.61. The van der Waals surface area contributed by atoms with Crippen LogP contribution in [-0.2, 0) is 10.0 Å². The van der Waals surface area contributed by atoms with Gasteiger partial charge in [-0.2, -0.15) is 0 Å². The van der Waals surface area contributed by atoms with Crippen molar-refractivity contribution in [3.05, 3.63) is 0 Å². The quantitative estimate of drug-likeness (QED) is 0.624. The van der Waals surface area contributed by atoms with Gasteiger partial charge in [0.05, 0.1) is 5.75 Å². The van der Waals surface area contributed by atoms with Crippen molar-refractivity contribution in [2.45, 2.75) is 31.3 Å². The summed E-state index contributed by atoms with van der Waals surface area (Å²) in [4.78, 5) is 0. The van der Waals surface area contributed by atoms with Crippen molar-refractivity contribution in [2.24, 2.45) is 0 Å². The molecule has 0 spiro atoms. The molecule has 0 bridgehead atoms. The van der Waals surface area contributed by atoms with Crippen LogP contribution in [-0.4, -0.2) is 32.8 Å². The topological polar surface area (TPSA) is 58.2 Å². The summed E-state index contributed by atoms with van der Waals surface area (Å²) in [6.07, 6.45) is 3.01. The van der Waals surface area contributed by atoms with Gasteiger partial charge in [-0.3, -0.25) is 0 Å². The molecule has 2 N–H and O–H groups in total. The molecule has 0 aromatic heterocycles. The number of nitrogens with one attached hydrogen (secondary N) is 2. The number of rotatable bonds is 4. The first-order chi connectivity index (χ1) is 5.66. The Balaban J connectivity index is 1.82. The highest BCUT2D eigenvalue weighted by Crippen LogP contribution is 2.20. The first kappa shape index (κ1) is 8.47. The molecule has 1 aliphatic carbocycles. The fourth-order valence-corrected chi connectivity index (χ4v) is 2.91. The third kappa shape index (κ3) is 2.18. The van der Waals surface area contributed by atoms with Crippen LogP contribution in [0.4, 0.5) is 0 Å². The lowest BCUT2D eigenvalue weighted by molar-refractivity contribution is 0.397. The smallest absolute Gasteiger partial charge is 0.213 e. The first-order valence-corrected chi connectivity index (χ1v) is 6.04. The van der Waals surface area contributed by atoms with E-state index in [0.717, 1.165) is 25.8 Å². The van der Waals surface area contributed by atoms with Gasteiger partial charge in [0.2, 0.25) is 10.0 Å². The zero-order valence-corrected chi connectivity index (χ0v) is 7.73. The second kappa shape index (κ2) is 2.97. The maximum absolute atomic E-state index is 11.3. The Bertz CT molecular complexity index is 255. The van der Waals surface area contributed by atoms with E-state index >= 15 is 0 Å². The molecule has 1 saturated heterocycles. The largest absolute Gasteiger partial charge is 0.313 e. The summed E-state index contributed by atoms with van der Waals surface area (Å²) >= 11 is 0. The van der Waals surface area contributed by atoms with Crippen LogP contribution in [0.5, 0.6) is 0 Å². The van der Waals surface area contributed by atoms with Gasteiger partial charge in [0.1, 0.15) is 0 Å². The Morgan fingerprint density at radius 2 is 2.00 bits per heavy atom. The second-order valence-corrected chi connectivity index (χ2v) is 5.41. The van der Waals surface area contributed by atoms with Gasteiger partial charge >= 0.3 is 0 Å². The fraction of sp³-hybridized carbons (Fsp3) is 1.00. The highest BCUT2D eigenvalue weighted by Gasteiger charge is 2.30. The average molecular weight is 190 g/mol. The van der Waals surface area contributed by atoms with Crippen molar-refractivity contribution in [3.8, 4) is 0 Å². The number of hydrogen-bond acceptors (Lipinski definition) is 3. The van der Waals surface area contributed by atoms with E-state index in [4.69, 9.17) is 0 Å². The van der Waals surface area contributed by atoms with Gasteiger partial charge < -0.3 is 5.32 Å². The molecule has 5 heteroatoms. The van der Waals surface area contributed by atoms with E-state index in [1.165, 1.54) is 0 Å². The van der Waals surface area contributed by atoms with Crippen LogP contribution in [0.3, 0.4) is 0 Å². The van der Waals surface area contributed by atoms with Crippen molar-refractivity contribution in [3.63, 3.8) is 0 Å². The van der Waals surface area contributed by atoms with Crippen LogP contribution in [0.25, 0.3) is 0 Å². The lowest BCUT2D eigenvalue weighted by Gasteiger charge is -2.27. The maximum Gasteiger partial charge on any atom is 0.213 e. The highest BCUT2D eigenvalue weighted by atomic mass is 32.2. The lowest BCUT2D eigenvalue weighted by Crippen LogP contribution is -2.49. The molecule has 1 atom stereocenters. The summed E-state index contributed by atoms with van der Waals surface area (Å²) in [6, 6.07) is 0.441.